The van der Waals surface area contributed by atoms with Crippen molar-refractivity contribution in [2.24, 2.45) is 10.7 Å². The van der Waals surface area contributed by atoms with E-state index in [4.69, 9.17) is 10.5 Å². The fourth-order valence-corrected chi connectivity index (χ4v) is 6.24. The molecule has 2 aliphatic heterocycles. The van der Waals surface area contributed by atoms with Crippen LogP contribution in [0.4, 0.5) is 18.9 Å². The monoisotopic (exact) mass is 468 g/mol. The third-order valence-corrected chi connectivity index (χ3v) is 8.38. The molecule has 1 aromatic heterocycles. The summed E-state index contributed by atoms with van der Waals surface area (Å²) in [6.45, 7) is 1.52. The summed E-state index contributed by atoms with van der Waals surface area (Å²) in [5, 5.41) is 2.34. The number of sulfone groups is 1. The van der Waals surface area contributed by atoms with E-state index in [0.717, 1.165) is 6.07 Å². The Kier molecular flexibility index (Phi) is 5.24. The minimum atomic E-state index is -3.86. The number of benzene rings is 1. The van der Waals surface area contributed by atoms with E-state index in [2.05, 4.69) is 15.3 Å². The van der Waals surface area contributed by atoms with Gasteiger partial charge in [0.15, 0.2) is 26.1 Å². The first kappa shape index (κ1) is 22.2. The predicted octanol–water partition coefficient (Wildman–Crippen LogP) is 1.91. The summed E-state index contributed by atoms with van der Waals surface area (Å²) in [5.74, 6) is -4.55. The molecule has 32 heavy (non-hydrogen) atoms. The van der Waals surface area contributed by atoms with Crippen molar-refractivity contribution in [3.05, 3.63) is 59.2 Å². The lowest BCUT2D eigenvalue weighted by atomic mass is 9.92. The first-order valence-electron chi connectivity index (χ1n) is 9.56. The Hall–Kier alpha value is -2.99. The quantitative estimate of drug-likeness (QED) is 0.709. The van der Waals surface area contributed by atoms with Gasteiger partial charge in [-0.15, -0.1) is 0 Å². The molecule has 1 spiro atoms. The second kappa shape index (κ2) is 7.55. The zero-order chi connectivity index (χ0) is 23.3. The van der Waals surface area contributed by atoms with Crippen molar-refractivity contribution in [2.75, 3.05) is 24.3 Å². The Morgan fingerprint density at radius 1 is 1.22 bits per heavy atom. The molecule has 1 saturated heterocycles. The van der Waals surface area contributed by atoms with Gasteiger partial charge < -0.3 is 15.8 Å². The first-order chi connectivity index (χ1) is 15.0. The van der Waals surface area contributed by atoms with Gasteiger partial charge in [0.05, 0.1) is 18.6 Å². The average Bonchev–Trinajstić information content (AvgIpc) is 3.19. The Morgan fingerprint density at radius 3 is 2.59 bits per heavy atom. The fraction of sp³-hybridized carbons (Fsp3) is 0.350. The topological polar surface area (TPSA) is 124 Å². The number of nitrogens with one attached hydrogen (secondary N) is 1. The number of nitrogens with zero attached hydrogens (tertiary/aromatic N) is 2. The molecule has 2 aromatic rings. The summed E-state index contributed by atoms with van der Waals surface area (Å²) in [7, 11) is -3.86. The van der Waals surface area contributed by atoms with Crippen molar-refractivity contribution in [3.8, 4) is 0 Å². The number of carbonyl (C=O) groups excluding carboxylic acids is 1. The number of amidine groups is 1. The van der Waals surface area contributed by atoms with Crippen LogP contribution in [0, 0.1) is 17.5 Å². The van der Waals surface area contributed by atoms with E-state index in [1.807, 2.05) is 0 Å². The van der Waals surface area contributed by atoms with Crippen molar-refractivity contribution in [2.45, 2.75) is 23.6 Å². The molecule has 3 heterocycles. The number of carbonyl (C=O) groups is 1. The van der Waals surface area contributed by atoms with Crippen molar-refractivity contribution in [3.63, 3.8) is 0 Å². The number of aromatic nitrogens is 1. The number of aliphatic imine (C=N–C) groups is 1. The molecule has 0 saturated carbocycles. The second-order valence-electron chi connectivity index (χ2n) is 7.96. The molecule has 0 radical (unpaired) electrons. The minimum absolute atomic E-state index is 0.0359. The fourth-order valence-electron chi connectivity index (χ4n) is 3.99. The third-order valence-electron chi connectivity index (χ3n) is 5.71. The molecule has 3 N–H and O–H groups in total. The number of hydrogen-bond acceptors (Lipinski definition) is 7. The highest BCUT2D eigenvalue weighted by atomic mass is 32.2. The van der Waals surface area contributed by atoms with Crippen LogP contribution < -0.4 is 11.1 Å². The molecule has 0 bridgehead atoms. The molecular weight excluding hydrogens is 449 g/mol. The summed E-state index contributed by atoms with van der Waals surface area (Å²) in [6, 6.07) is 3.93. The molecule has 4 rings (SSSR count). The van der Waals surface area contributed by atoms with Gasteiger partial charge in [0.25, 0.3) is 5.91 Å². The van der Waals surface area contributed by atoms with E-state index in [9.17, 15) is 26.4 Å². The summed E-state index contributed by atoms with van der Waals surface area (Å²) in [4.78, 5) is 20.1. The highest BCUT2D eigenvalue weighted by molar-refractivity contribution is 7.93. The normalized spacial score (nSPS) is 26.7. The predicted molar refractivity (Wildman–Crippen MR) is 109 cm³/mol. The van der Waals surface area contributed by atoms with E-state index >= 15 is 0 Å². The zero-order valence-electron chi connectivity index (χ0n) is 16.9. The summed E-state index contributed by atoms with van der Waals surface area (Å²) >= 11 is 0. The van der Waals surface area contributed by atoms with Crippen molar-refractivity contribution in [1.29, 1.82) is 0 Å². The average molecular weight is 468 g/mol. The van der Waals surface area contributed by atoms with Gasteiger partial charge in [0.1, 0.15) is 23.0 Å². The van der Waals surface area contributed by atoms with E-state index in [1.54, 1.807) is 0 Å². The Bertz CT molecular complexity index is 1250. The summed E-state index contributed by atoms with van der Waals surface area (Å²) in [6.07, 6.45) is 0.845. The highest BCUT2D eigenvalue weighted by Crippen LogP contribution is 2.41. The van der Waals surface area contributed by atoms with Crippen LogP contribution in [0.2, 0.25) is 0 Å². The van der Waals surface area contributed by atoms with Crippen LogP contribution in [0.3, 0.4) is 0 Å². The molecule has 2 atom stereocenters. The number of anilines is 1. The lowest BCUT2D eigenvalue weighted by Gasteiger charge is -2.39. The van der Waals surface area contributed by atoms with Crippen molar-refractivity contribution < 1.29 is 31.1 Å². The molecule has 1 unspecified atom stereocenters. The number of amides is 1. The number of nitrogens with two attached hydrogens (primary N) is 1. The maximum atomic E-state index is 14.8. The van der Waals surface area contributed by atoms with E-state index in [1.165, 1.54) is 19.1 Å². The van der Waals surface area contributed by atoms with Gasteiger partial charge in [-0.2, -0.15) is 0 Å². The number of pyridine rings is 1. The number of ether oxygens (including phenoxy) is 1. The largest absolute Gasteiger partial charge is 0.386 e. The standard InChI is InChI=1S/C20H19F3N4O4S/c1-19(10-32(29,30)20(18(24)27-19)4-5-31-9-20)13-7-12(2-3-14(13)22)26-17(28)16-15(23)6-11(21)8-25-16/h2-3,6-8H,4-5,9-10H2,1H3,(H2,24,27)(H,26,28)/t19-,20?/m0/s1. The van der Waals surface area contributed by atoms with E-state index in [0.29, 0.717) is 12.3 Å². The lowest BCUT2D eigenvalue weighted by Crippen LogP contribution is -2.58. The van der Waals surface area contributed by atoms with E-state index in [-0.39, 0.29) is 36.7 Å². The molecule has 0 aliphatic carbocycles. The second-order valence-corrected chi connectivity index (χ2v) is 10.3. The van der Waals surface area contributed by atoms with E-state index < -0.39 is 54.9 Å². The van der Waals surface area contributed by atoms with Crippen LogP contribution in [0.15, 0.2) is 35.5 Å². The number of halogens is 3. The Labute approximate surface area is 181 Å². The van der Waals surface area contributed by atoms with Gasteiger partial charge >= 0.3 is 0 Å². The molecule has 1 fully saturated rings. The smallest absolute Gasteiger partial charge is 0.277 e. The maximum Gasteiger partial charge on any atom is 0.277 e. The van der Waals surface area contributed by atoms with Gasteiger partial charge in [0.2, 0.25) is 0 Å². The SMILES string of the molecule is C[C@@]1(c2cc(NC(=O)c3ncc(F)cc3F)ccc2F)CS(=O)(=O)C2(CCOC2)C(N)=N1. The van der Waals surface area contributed by atoms with Gasteiger partial charge in [0, 0.05) is 23.9 Å². The van der Waals surface area contributed by atoms with Crippen molar-refractivity contribution in [1.82, 2.24) is 4.98 Å². The minimum Gasteiger partial charge on any atom is -0.386 e. The molecule has 2 aliphatic rings. The zero-order valence-corrected chi connectivity index (χ0v) is 17.7. The first-order valence-corrected chi connectivity index (χ1v) is 11.2. The van der Waals surface area contributed by atoms with Gasteiger partial charge in [-0.3, -0.25) is 9.79 Å². The summed E-state index contributed by atoms with van der Waals surface area (Å²) in [5.41, 5.74) is 3.74. The van der Waals surface area contributed by atoms with Crippen LogP contribution in [0.5, 0.6) is 0 Å². The summed E-state index contributed by atoms with van der Waals surface area (Å²) < 4.78 is 71.7. The van der Waals surface area contributed by atoms with Crippen LogP contribution in [0.1, 0.15) is 29.4 Å². The van der Waals surface area contributed by atoms with Crippen LogP contribution in [0.25, 0.3) is 0 Å². The maximum absolute atomic E-state index is 14.8. The van der Waals surface area contributed by atoms with Gasteiger partial charge in [-0.05, 0) is 31.5 Å². The molecule has 170 valence electrons. The van der Waals surface area contributed by atoms with Crippen molar-refractivity contribution >= 4 is 27.3 Å². The van der Waals surface area contributed by atoms with Crippen LogP contribution in [-0.2, 0) is 20.1 Å². The Morgan fingerprint density at radius 2 is 1.97 bits per heavy atom. The van der Waals surface area contributed by atoms with Gasteiger partial charge in [-0.25, -0.2) is 26.6 Å². The molecular formula is C20H19F3N4O4S. The van der Waals surface area contributed by atoms with Crippen LogP contribution >= 0.6 is 0 Å². The molecule has 8 nitrogen and oxygen atoms in total. The molecule has 12 heteroatoms. The molecule has 1 amide bonds. The van der Waals surface area contributed by atoms with Gasteiger partial charge in [-0.1, -0.05) is 0 Å². The Balaban J connectivity index is 1.70. The highest BCUT2D eigenvalue weighted by Gasteiger charge is 2.57. The number of hydrogen-bond donors (Lipinski definition) is 2. The lowest BCUT2D eigenvalue weighted by molar-refractivity contribution is 0.101. The third kappa shape index (κ3) is 3.52. The molecule has 1 aromatic carbocycles. The van der Waals surface area contributed by atoms with Crippen LogP contribution in [-0.4, -0.2) is 48.9 Å². The number of rotatable bonds is 3.